The Morgan fingerprint density at radius 2 is 2.09 bits per heavy atom. The number of amides is 2. The van der Waals surface area contributed by atoms with Crippen LogP contribution >= 0.6 is 0 Å². The summed E-state index contributed by atoms with van der Waals surface area (Å²) in [7, 11) is 0. The van der Waals surface area contributed by atoms with Crippen molar-refractivity contribution < 1.29 is 14.3 Å². The molecule has 22 heavy (non-hydrogen) atoms. The maximum absolute atomic E-state index is 12.6. The minimum absolute atomic E-state index is 0.00743. The monoisotopic (exact) mass is 300 g/mol. The molecule has 0 radical (unpaired) electrons. The van der Waals surface area contributed by atoms with E-state index >= 15 is 0 Å². The summed E-state index contributed by atoms with van der Waals surface area (Å²) in [4.78, 5) is 27.9. The first kappa shape index (κ1) is 14.6. The van der Waals surface area contributed by atoms with E-state index in [1.54, 1.807) is 9.80 Å². The van der Waals surface area contributed by atoms with Gasteiger partial charge in [0.25, 0.3) is 5.91 Å². The molecule has 5 heteroatoms. The van der Waals surface area contributed by atoms with Gasteiger partial charge in [0, 0.05) is 32.1 Å². The molecular formula is C17H20N2O3. The molecule has 116 valence electrons. The number of carbonyl (C=O) groups is 2. The first-order chi connectivity index (χ1) is 10.6. The quantitative estimate of drug-likeness (QED) is 0.772. The fraction of sp³-hybridized carbons (Fsp3) is 0.412. The highest BCUT2D eigenvalue weighted by Crippen LogP contribution is 2.29. The van der Waals surface area contributed by atoms with E-state index in [1.807, 2.05) is 31.2 Å². The lowest BCUT2D eigenvalue weighted by Crippen LogP contribution is -2.57. The van der Waals surface area contributed by atoms with Gasteiger partial charge in [0.05, 0.1) is 0 Å². The Balaban J connectivity index is 1.63. The van der Waals surface area contributed by atoms with E-state index in [0.29, 0.717) is 26.1 Å². The summed E-state index contributed by atoms with van der Waals surface area (Å²) in [6, 6.07) is 7.74. The van der Waals surface area contributed by atoms with Crippen molar-refractivity contribution in [2.75, 3.05) is 19.6 Å². The van der Waals surface area contributed by atoms with Crippen LogP contribution in [0.1, 0.15) is 12.5 Å². The molecule has 0 saturated carbocycles. The molecular weight excluding hydrogens is 280 g/mol. The lowest BCUT2D eigenvalue weighted by Gasteiger charge is -2.40. The van der Waals surface area contributed by atoms with Crippen molar-refractivity contribution in [2.45, 2.75) is 25.5 Å². The zero-order valence-electron chi connectivity index (χ0n) is 12.7. The average Bonchev–Trinajstić information content (AvgIpc) is 2.97. The topological polar surface area (TPSA) is 49.9 Å². The van der Waals surface area contributed by atoms with Gasteiger partial charge in [-0.2, -0.15) is 0 Å². The third kappa shape index (κ3) is 2.58. The Hall–Kier alpha value is -2.30. The molecule has 1 saturated heterocycles. The number of fused-ring (bicyclic) bond motifs is 1. The zero-order chi connectivity index (χ0) is 15.7. The fourth-order valence-electron chi connectivity index (χ4n) is 3.13. The van der Waals surface area contributed by atoms with Crippen molar-refractivity contribution >= 4 is 11.8 Å². The highest BCUT2D eigenvalue weighted by Gasteiger charge is 2.35. The van der Waals surface area contributed by atoms with Crippen LogP contribution in [0, 0.1) is 0 Å². The number of piperazine rings is 1. The van der Waals surface area contributed by atoms with Gasteiger partial charge in [0.2, 0.25) is 5.91 Å². The summed E-state index contributed by atoms with van der Waals surface area (Å²) < 4.78 is 5.76. The highest BCUT2D eigenvalue weighted by molar-refractivity contribution is 5.88. The molecule has 2 aliphatic heterocycles. The van der Waals surface area contributed by atoms with Crippen LogP contribution in [-0.4, -0.2) is 53.4 Å². The molecule has 2 heterocycles. The standard InChI is InChI=1S/C17H20N2O3/c1-3-16(20)19-9-8-18(11-12(19)2)17(21)15-10-13-6-4-5-7-14(13)22-15/h3-7,12,15H,1,8-11H2,2H3/t12-,15?/m1/s1. The van der Waals surface area contributed by atoms with Crippen molar-refractivity contribution in [3.05, 3.63) is 42.5 Å². The SMILES string of the molecule is C=CC(=O)N1CCN(C(=O)C2Cc3ccccc3O2)C[C@H]1C. The van der Waals surface area contributed by atoms with Crippen molar-refractivity contribution in [1.29, 1.82) is 0 Å². The van der Waals surface area contributed by atoms with Crippen molar-refractivity contribution in [3.8, 4) is 5.75 Å². The minimum Gasteiger partial charge on any atom is -0.480 e. The van der Waals surface area contributed by atoms with E-state index in [0.717, 1.165) is 11.3 Å². The van der Waals surface area contributed by atoms with E-state index in [2.05, 4.69) is 6.58 Å². The normalized spacial score (nSPS) is 23.7. The van der Waals surface area contributed by atoms with Crippen molar-refractivity contribution in [1.82, 2.24) is 9.80 Å². The van der Waals surface area contributed by atoms with Crippen LogP contribution in [0.25, 0.3) is 0 Å². The molecule has 3 rings (SSSR count). The van der Waals surface area contributed by atoms with Crippen molar-refractivity contribution in [2.24, 2.45) is 0 Å². The second-order valence-corrected chi connectivity index (χ2v) is 5.79. The number of rotatable bonds is 2. The lowest BCUT2D eigenvalue weighted by atomic mass is 10.1. The molecule has 0 N–H and O–H groups in total. The van der Waals surface area contributed by atoms with Gasteiger partial charge in [-0.1, -0.05) is 24.8 Å². The smallest absolute Gasteiger partial charge is 0.264 e. The Morgan fingerprint density at radius 3 is 2.77 bits per heavy atom. The van der Waals surface area contributed by atoms with Crippen molar-refractivity contribution in [3.63, 3.8) is 0 Å². The number of hydrogen-bond donors (Lipinski definition) is 0. The molecule has 0 bridgehead atoms. The summed E-state index contributed by atoms with van der Waals surface area (Å²) in [5.74, 6) is 0.729. The Labute approximate surface area is 130 Å². The van der Waals surface area contributed by atoms with Crippen LogP contribution in [0.5, 0.6) is 5.75 Å². The number of hydrogen-bond acceptors (Lipinski definition) is 3. The first-order valence-corrected chi connectivity index (χ1v) is 7.56. The average molecular weight is 300 g/mol. The maximum Gasteiger partial charge on any atom is 0.264 e. The number of ether oxygens (including phenoxy) is 1. The summed E-state index contributed by atoms with van der Waals surface area (Å²) >= 11 is 0. The Morgan fingerprint density at radius 1 is 1.32 bits per heavy atom. The lowest BCUT2D eigenvalue weighted by molar-refractivity contribution is -0.144. The molecule has 2 atom stereocenters. The van der Waals surface area contributed by atoms with Gasteiger partial charge in [0.15, 0.2) is 6.10 Å². The molecule has 1 aromatic rings. The first-order valence-electron chi connectivity index (χ1n) is 7.56. The second kappa shape index (κ2) is 5.83. The van der Waals surface area contributed by atoms with E-state index in [1.165, 1.54) is 6.08 Å². The number of benzene rings is 1. The fourth-order valence-corrected chi connectivity index (χ4v) is 3.13. The van der Waals surface area contributed by atoms with Crippen LogP contribution in [-0.2, 0) is 16.0 Å². The highest BCUT2D eigenvalue weighted by atomic mass is 16.5. The molecule has 2 amide bonds. The number of carbonyl (C=O) groups excluding carboxylic acids is 2. The van der Waals surface area contributed by atoms with Gasteiger partial charge in [-0.15, -0.1) is 0 Å². The van der Waals surface area contributed by atoms with Gasteiger partial charge in [-0.05, 0) is 24.6 Å². The van der Waals surface area contributed by atoms with Gasteiger partial charge in [-0.3, -0.25) is 9.59 Å². The summed E-state index contributed by atoms with van der Waals surface area (Å²) in [5, 5.41) is 0. The molecule has 2 aliphatic rings. The molecule has 5 nitrogen and oxygen atoms in total. The maximum atomic E-state index is 12.6. The van der Waals surface area contributed by atoms with Gasteiger partial charge < -0.3 is 14.5 Å². The van der Waals surface area contributed by atoms with E-state index in [-0.39, 0.29) is 17.9 Å². The Bertz CT molecular complexity index is 589. The zero-order valence-corrected chi connectivity index (χ0v) is 12.7. The number of nitrogens with zero attached hydrogens (tertiary/aromatic N) is 2. The molecule has 1 unspecified atom stereocenters. The van der Waals surface area contributed by atoms with Crippen LogP contribution in [0.2, 0.25) is 0 Å². The van der Waals surface area contributed by atoms with Gasteiger partial charge >= 0.3 is 0 Å². The van der Waals surface area contributed by atoms with E-state index in [9.17, 15) is 9.59 Å². The number of para-hydroxylation sites is 1. The third-order valence-corrected chi connectivity index (χ3v) is 4.32. The second-order valence-electron chi connectivity index (χ2n) is 5.79. The largest absolute Gasteiger partial charge is 0.480 e. The Kier molecular flexibility index (Phi) is 3.88. The summed E-state index contributed by atoms with van der Waals surface area (Å²) in [6.45, 7) is 7.08. The van der Waals surface area contributed by atoms with Crippen LogP contribution in [0.3, 0.4) is 0 Å². The summed E-state index contributed by atoms with van der Waals surface area (Å²) in [6.07, 6.45) is 1.51. The van der Waals surface area contributed by atoms with E-state index in [4.69, 9.17) is 4.74 Å². The minimum atomic E-state index is -0.439. The van der Waals surface area contributed by atoms with Crippen LogP contribution < -0.4 is 4.74 Å². The summed E-state index contributed by atoms with van der Waals surface area (Å²) in [5.41, 5.74) is 1.08. The van der Waals surface area contributed by atoms with Crippen LogP contribution in [0.4, 0.5) is 0 Å². The molecule has 0 spiro atoms. The molecule has 1 aromatic carbocycles. The predicted octanol–water partition coefficient (Wildman–Crippen LogP) is 1.24. The van der Waals surface area contributed by atoms with Gasteiger partial charge in [0.1, 0.15) is 5.75 Å². The third-order valence-electron chi connectivity index (χ3n) is 4.32. The molecule has 0 aliphatic carbocycles. The predicted molar refractivity (Wildman–Crippen MR) is 82.5 cm³/mol. The van der Waals surface area contributed by atoms with E-state index < -0.39 is 6.10 Å². The molecule has 1 fully saturated rings. The molecule has 0 aromatic heterocycles. The van der Waals surface area contributed by atoms with Crippen LogP contribution in [0.15, 0.2) is 36.9 Å². The van der Waals surface area contributed by atoms with Gasteiger partial charge in [-0.25, -0.2) is 0 Å².